The summed E-state index contributed by atoms with van der Waals surface area (Å²) in [6, 6.07) is -0.650. The lowest BCUT2D eigenvalue weighted by Gasteiger charge is -2.54. The van der Waals surface area contributed by atoms with Crippen molar-refractivity contribution >= 4 is 11.7 Å². The van der Waals surface area contributed by atoms with E-state index in [1.54, 1.807) is 11.8 Å². The van der Waals surface area contributed by atoms with Crippen molar-refractivity contribution in [2.24, 2.45) is 11.3 Å². The van der Waals surface area contributed by atoms with Crippen LogP contribution in [0.1, 0.15) is 46.5 Å². The quantitative estimate of drug-likeness (QED) is 0.773. The maximum absolute atomic E-state index is 12.4. The number of aliphatic hydroxyl groups excluding tert-OH is 1. The molecular weight excluding hydrogens is 230 g/mol. The van der Waals surface area contributed by atoms with Crippen LogP contribution in [-0.4, -0.2) is 40.4 Å². The molecule has 0 bridgehead atoms. The molecule has 18 heavy (non-hydrogen) atoms. The number of likely N-dealkylation sites (tertiary alicyclic amines) is 1. The summed E-state index contributed by atoms with van der Waals surface area (Å²) in [4.78, 5) is 25.5. The number of nitrogens with zero attached hydrogens (tertiary/aromatic N) is 1. The molecule has 1 saturated carbocycles. The van der Waals surface area contributed by atoms with Crippen LogP contribution in [0.2, 0.25) is 0 Å². The molecule has 1 N–H and O–H groups in total. The van der Waals surface area contributed by atoms with E-state index in [4.69, 9.17) is 0 Å². The molecule has 2 aliphatic rings. The zero-order valence-electron chi connectivity index (χ0n) is 11.5. The first kappa shape index (κ1) is 13.5. The van der Waals surface area contributed by atoms with Gasteiger partial charge in [-0.05, 0) is 45.4 Å². The second kappa shape index (κ2) is 4.65. The van der Waals surface area contributed by atoms with Crippen molar-refractivity contribution < 1.29 is 14.7 Å². The van der Waals surface area contributed by atoms with Crippen molar-refractivity contribution in [2.45, 2.75) is 58.6 Å². The fraction of sp³-hybridized carbons (Fsp3) is 0.857. The van der Waals surface area contributed by atoms with Crippen LogP contribution in [0.5, 0.6) is 0 Å². The van der Waals surface area contributed by atoms with Crippen molar-refractivity contribution in [3.05, 3.63) is 0 Å². The molecule has 1 heterocycles. The summed E-state index contributed by atoms with van der Waals surface area (Å²) in [6.07, 6.45) is 3.28. The van der Waals surface area contributed by atoms with E-state index in [-0.39, 0.29) is 17.1 Å². The highest BCUT2D eigenvalue weighted by Gasteiger charge is 2.55. The third-order valence-corrected chi connectivity index (χ3v) is 4.63. The minimum atomic E-state index is -0.786. The van der Waals surface area contributed by atoms with Gasteiger partial charge in [-0.25, -0.2) is 0 Å². The number of ketones is 1. The summed E-state index contributed by atoms with van der Waals surface area (Å²) in [7, 11) is 0. The van der Waals surface area contributed by atoms with Gasteiger partial charge in [-0.2, -0.15) is 0 Å². The van der Waals surface area contributed by atoms with Gasteiger partial charge < -0.3 is 10.0 Å². The summed E-state index contributed by atoms with van der Waals surface area (Å²) in [6.45, 7) is 5.89. The number of amides is 1. The van der Waals surface area contributed by atoms with E-state index < -0.39 is 12.1 Å². The van der Waals surface area contributed by atoms with E-state index in [9.17, 15) is 14.7 Å². The Kier molecular flexibility index (Phi) is 3.49. The number of rotatable bonds is 3. The number of hydrogen-bond donors (Lipinski definition) is 1. The summed E-state index contributed by atoms with van der Waals surface area (Å²) in [5.74, 6) is 0.658. The Balaban J connectivity index is 2.05. The minimum absolute atomic E-state index is 0.0792. The lowest BCUT2D eigenvalue weighted by Crippen LogP contribution is -2.68. The van der Waals surface area contributed by atoms with Crippen molar-refractivity contribution in [2.75, 3.05) is 6.54 Å². The Morgan fingerprint density at radius 1 is 1.44 bits per heavy atom. The lowest BCUT2D eigenvalue weighted by molar-refractivity contribution is -0.175. The highest BCUT2D eigenvalue weighted by atomic mass is 16.3. The molecule has 1 amide bonds. The molecular formula is C14H23NO3. The zero-order valence-corrected chi connectivity index (χ0v) is 11.5. The molecule has 4 nitrogen and oxygen atoms in total. The molecule has 2 atom stereocenters. The minimum Gasteiger partial charge on any atom is -0.391 e. The van der Waals surface area contributed by atoms with Crippen LogP contribution in [-0.2, 0) is 9.59 Å². The summed E-state index contributed by atoms with van der Waals surface area (Å²) in [5, 5.41) is 9.65. The van der Waals surface area contributed by atoms with Gasteiger partial charge >= 0.3 is 0 Å². The van der Waals surface area contributed by atoms with Gasteiger partial charge in [0.05, 0.1) is 11.5 Å². The van der Waals surface area contributed by atoms with Gasteiger partial charge in [0.2, 0.25) is 5.91 Å². The van der Waals surface area contributed by atoms with Crippen LogP contribution in [0.3, 0.4) is 0 Å². The van der Waals surface area contributed by atoms with E-state index in [0.717, 1.165) is 25.7 Å². The Morgan fingerprint density at radius 2 is 2.00 bits per heavy atom. The van der Waals surface area contributed by atoms with E-state index >= 15 is 0 Å². The monoisotopic (exact) mass is 253 g/mol. The van der Waals surface area contributed by atoms with Crippen molar-refractivity contribution in [1.82, 2.24) is 4.90 Å². The van der Waals surface area contributed by atoms with E-state index in [0.29, 0.717) is 12.5 Å². The van der Waals surface area contributed by atoms with E-state index in [1.165, 1.54) is 6.92 Å². The SMILES string of the molecule is CC(=O)[C@H]([C@@H](C)O)N1CC2(CCC(C)CC2)C1=O. The highest BCUT2D eigenvalue weighted by Crippen LogP contribution is 2.47. The van der Waals surface area contributed by atoms with Gasteiger partial charge in [0.1, 0.15) is 6.04 Å². The predicted molar refractivity (Wildman–Crippen MR) is 67.9 cm³/mol. The fourth-order valence-electron chi connectivity index (χ4n) is 3.41. The average Bonchev–Trinajstić information content (AvgIpc) is 2.30. The average molecular weight is 253 g/mol. The van der Waals surface area contributed by atoms with Crippen LogP contribution < -0.4 is 0 Å². The largest absolute Gasteiger partial charge is 0.391 e. The van der Waals surface area contributed by atoms with Gasteiger partial charge in [0.25, 0.3) is 0 Å². The molecule has 1 saturated heterocycles. The smallest absolute Gasteiger partial charge is 0.231 e. The maximum atomic E-state index is 12.4. The molecule has 102 valence electrons. The standard InChI is InChI=1S/C14H23NO3/c1-9-4-6-14(7-5-9)8-15(13(14)18)12(10(2)16)11(3)17/h9-10,12,16H,4-8H2,1-3H3/t9?,10-,12+,14?/m1/s1. The maximum Gasteiger partial charge on any atom is 0.231 e. The van der Waals surface area contributed by atoms with E-state index in [1.807, 2.05) is 0 Å². The summed E-state index contributed by atoms with van der Waals surface area (Å²) >= 11 is 0. The van der Waals surface area contributed by atoms with Gasteiger partial charge in [0.15, 0.2) is 5.78 Å². The summed E-state index contributed by atoms with van der Waals surface area (Å²) < 4.78 is 0. The number of aliphatic hydroxyl groups is 1. The van der Waals surface area contributed by atoms with Crippen LogP contribution in [0.4, 0.5) is 0 Å². The number of β-lactam (4-membered cyclic amide) rings is 1. The molecule has 1 aliphatic carbocycles. The van der Waals surface area contributed by atoms with Crippen LogP contribution in [0, 0.1) is 11.3 Å². The fourth-order valence-corrected chi connectivity index (χ4v) is 3.41. The molecule has 1 spiro atoms. The van der Waals surface area contributed by atoms with Crippen molar-refractivity contribution in [3.8, 4) is 0 Å². The molecule has 0 aromatic rings. The second-order valence-corrected chi connectivity index (χ2v) is 6.19. The number of hydrogen-bond acceptors (Lipinski definition) is 3. The zero-order chi connectivity index (χ0) is 13.5. The van der Waals surface area contributed by atoms with Gasteiger partial charge in [-0.15, -0.1) is 0 Å². The third-order valence-electron chi connectivity index (χ3n) is 4.63. The molecule has 0 unspecified atom stereocenters. The Bertz CT molecular complexity index is 356. The molecule has 0 aromatic carbocycles. The van der Waals surface area contributed by atoms with Crippen LogP contribution in [0.25, 0.3) is 0 Å². The predicted octanol–water partition coefficient (Wildman–Crippen LogP) is 1.36. The molecule has 4 heteroatoms. The highest BCUT2D eigenvalue weighted by molar-refractivity contribution is 5.94. The first-order chi connectivity index (χ1) is 8.37. The number of carbonyl (C=O) groups excluding carboxylic acids is 2. The second-order valence-electron chi connectivity index (χ2n) is 6.19. The van der Waals surface area contributed by atoms with Gasteiger partial charge in [-0.3, -0.25) is 9.59 Å². The topological polar surface area (TPSA) is 57.6 Å². The molecule has 2 rings (SSSR count). The van der Waals surface area contributed by atoms with Crippen molar-refractivity contribution in [3.63, 3.8) is 0 Å². The molecule has 2 fully saturated rings. The molecule has 0 aromatic heterocycles. The normalized spacial score (nSPS) is 35.2. The first-order valence-electron chi connectivity index (χ1n) is 6.87. The lowest BCUT2D eigenvalue weighted by atomic mass is 9.65. The van der Waals surface area contributed by atoms with Crippen LogP contribution >= 0.6 is 0 Å². The van der Waals surface area contributed by atoms with Crippen molar-refractivity contribution in [1.29, 1.82) is 0 Å². The molecule has 0 radical (unpaired) electrons. The van der Waals surface area contributed by atoms with E-state index in [2.05, 4.69) is 6.92 Å². The Hall–Kier alpha value is -0.900. The molecule has 1 aliphatic heterocycles. The first-order valence-corrected chi connectivity index (χ1v) is 6.87. The third kappa shape index (κ3) is 2.07. The Morgan fingerprint density at radius 3 is 2.39 bits per heavy atom. The van der Waals surface area contributed by atoms with Gasteiger partial charge in [-0.1, -0.05) is 6.92 Å². The van der Waals surface area contributed by atoms with Gasteiger partial charge in [0, 0.05) is 6.54 Å². The summed E-state index contributed by atoms with van der Waals surface area (Å²) in [5.41, 5.74) is -0.213. The number of Topliss-reactive ketones (excluding diaryl/α,β-unsaturated/α-hetero) is 1. The Labute approximate surface area is 108 Å². The van der Waals surface area contributed by atoms with Crippen LogP contribution in [0.15, 0.2) is 0 Å². The number of carbonyl (C=O) groups is 2.